The number of hydrogen-bond acceptors (Lipinski definition) is 4. The molecule has 8 heteroatoms. The van der Waals surface area contributed by atoms with E-state index in [2.05, 4.69) is 24.0 Å². The van der Waals surface area contributed by atoms with Crippen LogP contribution in [-0.2, 0) is 10.2 Å². The molecule has 1 heterocycles. The molecule has 23 heavy (non-hydrogen) atoms. The number of nitrogens with zero attached hydrogens (tertiary/aromatic N) is 2. The summed E-state index contributed by atoms with van der Waals surface area (Å²) in [5, 5.41) is 11.1. The number of rotatable bonds is 4. The van der Waals surface area contributed by atoms with E-state index in [1.54, 1.807) is 12.1 Å². The predicted octanol–water partition coefficient (Wildman–Crippen LogP) is 2.35. The second-order valence-corrected chi connectivity index (χ2v) is 6.07. The van der Waals surface area contributed by atoms with Gasteiger partial charge in [0.15, 0.2) is 0 Å². The summed E-state index contributed by atoms with van der Waals surface area (Å²) in [7, 11) is 0. The summed E-state index contributed by atoms with van der Waals surface area (Å²) in [6.45, 7) is 0.345. The molecule has 1 saturated heterocycles. The number of carbonyl (C=O) groups excluding carboxylic acids is 2. The number of amides is 2. The molecule has 1 aliphatic heterocycles. The number of benzene rings is 1. The van der Waals surface area contributed by atoms with E-state index in [-0.39, 0.29) is 13.1 Å². The largest absolute Gasteiger partial charge is 0.442 e. The van der Waals surface area contributed by atoms with Crippen LogP contribution in [0.25, 0.3) is 0 Å². The summed E-state index contributed by atoms with van der Waals surface area (Å²) < 4.78 is 19.4. The molecule has 1 aromatic carbocycles. The van der Waals surface area contributed by atoms with Crippen LogP contribution < -0.4 is 10.2 Å². The van der Waals surface area contributed by atoms with Crippen LogP contribution in [0.15, 0.2) is 18.2 Å². The maximum absolute atomic E-state index is 14.3. The predicted molar refractivity (Wildman–Crippen MR) is 82.9 cm³/mol. The number of nitriles is 1. The van der Waals surface area contributed by atoms with Gasteiger partial charge >= 0.3 is 6.09 Å². The Kier molecular flexibility index (Phi) is 3.90. The van der Waals surface area contributed by atoms with E-state index in [9.17, 15) is 14.0 Å². The fraction of sp³-hybridized carbons (Fsp3) is 0.400. The summed E-state index contributed by atoms with van der Waals surface area (Å²) in [6, 6.07) is 6.55. The highest BCUT2D eigenvalue weighted by Gasteiger charge is 2.47. The van der Waals surface area contributed by atoms with E-state index in [1.807, 2.05) is 0 Å². The van der Waals surface area contributed by atoms with Gasteiger partial charge in [-0.2, -0.15) is 5.26 Å². The lowest BCUT2D eigenvalue weighted by molar-refractivity contribution is 0.141. The number of nitrogens with one attached hydrogen (secondary N) is 1. The molecule has 120 valence electrons. The fourth-order valence-electron chi connectivity index (χ4n) is 2.67. The van der Waals surface area contributed by atoms with Crippen molar-refractivity contribution >= 4 is 29.6 Å². The van der Waals surface area contributed by atoms with E-state index in [1.165, 1.54) is 11.0 Å². The highest BCUT2D eigenvalue weighted by atomic mass is 32.1. The summed E-state index contributed by atoms with van der Waals surface area (Å²) in [5.41, 5.74) is 0.0212. The van der Waals surface area contributed by atoms with Gasteiger partial charge in [0.2, 0.25) is 0 Å². The van der Waals surface area contributed by atoms with Gasteiger partial charge < -0.3 is 10.1 Å². The van der Waals surface area contributed by atoms with Gasteiger partial charge in [-0.15, -0.1) is 0 Å². The third-order valence-corrected chi connectivity index (χ3v) is 4.26. The lowest BCUT2D eigenvalue weighted by Gasteiger charge is -2.15. The molecule has 1 N–H and O–H groups in total. The first-order valence-electron chi connectivity index (χ1n) is 7.11. The number of hydrogen-bond donors (Lipinski definition) is 2. The molecule has 1 atom stereocenters. The maximum Gasteiger partial charge on any atom is 0.414 e. The molecule has 0 bridgehead atoms. The zero-order chi connectivity index (χ0) is 16.6. The summed E-state index contributed by atoms with van der Waals surface area (Å²) in [4.78, 5) is 24.0. The molecule has 2 amide bonds. The number of cyclic esters (lactones) is 1. The Balaban J connectivity index is 1.75. The van der Waals surface area contributed by atoms with Crippen molar-refractivity contribution in [3.63, 3.8) is 0 Å². The zero-order valence-electron chi connectivity index (χ0n) is 12.1. The van der Waals surface area contributed by atoms with Gasteiger partial charge in [-0.05, 0) is 25.0 Å². The van der Waals surface area contributed by atoms with Crippen LogP contribution in [0.4, 0.5) is 19.7 Å². The van der Waals surface area contributed by atoms with E-state index in [0.717, 1.165) is 0 Å². The molecule has 0 radical (unpaired) electrons. The molecule has 3 rings (SSSR count). The first kappa shape index (κ1) is 15.6. The standard InChI is InChI=1S/C15H14FN3O3S/c16-12-5-9(1-2-11(12)15(8-17)3-4-15)19-7-10(22-14(19)21)6-18-13(20)23/h1-2,5,10H,3-4,6-7H2,(H2,18,20,23). The summed E-state index contributed by atoms with van der Waals surface area (Å²) in [5.74, 6) is -0.499. The smallest absolute Gasteiger partial charge is 0.414 e. The van der Waals surface area contributed by atoms with Crippen molar-refractivity contribution in [1.29, 1.82) is 5.26 Å². The van der Waals surface area contributed by atoms with Gasteiger partial charge in [0.1, 0.15) is 11.9 Å². The molecular weight excluding hydrogens is 321 g/mol. The van der Waals surface area contributed by atoms with Gasteiger partial charge in [0.05, 0.1) is 30.3 Å². The van der Waals surface area contributed by atoms with Gasteiger partial charge in [-0.1, -0.05) is 18.7 Å². The van der Waals surface area contributed by atoms with Crippen LogP contribution in [-0.4, -0.2) is 30.5 Å². The van der Waals surface area contributed by atoms with Crippen molar-refractivity contribution in [2.75, 3.05) is 18.0 Å². The number of ether oxygens (including phenoxy) is 1. The first-order chi connectivity index (χ1) is 10.9. The maximum atomic E-state index is 14.3. The van der Waals surface area contributed by atoms with Crippen molar-refractivity contribution < 1.29 is 18.7 Å². The molecule has 6 nitrogen and oxygen atoms in total. The summed E-state index contributed by atoms with van der Waals surface area (Å²) in [6.07, 6.45) is 0.181. The van der Waals surface area contributed by atoms with Crippen LogP contribution in [0.3, 0.4) is 0 Å². The SMILES string of the molecule is N#CC1(c2ccc(N3CC(CNC(=O)S)OC3=O)cc2F)CC1. The second kappa shape index (κ2) is 5.74. The molecule has 1 saturated carbocycles. The first-order valence-corrected chi connectivity index (χ1v) is 7.56. The third kappa shape index (κ3) is 2.97. The lowest BCUT2D eigenvalue weighted by atomic mass is 9.97. The normalized spacial score (nSPS) is 21.5. The van der Waals surface area contributed by atoms with Gasteiger partial charge in [-0.3, -0.25) is 9.69 Å². The Morgan fingerprint density at radius 3 is 2.87 bits per heavy atom. The topological polar surface area (TPSA) is 82.4 Å². The molecule has 2 aliphatic rings. The van der Waals surface area contributed by atoms with Crippen LogP contribution in [0, 0.1) is 17.1 Å². The number of anilines is 1. The molecule has 1 unspecified atom stereocenters. The Morgan fingerprint density at radius 1 is 1.57 bits per heavy atom. The van der Waals surface area contributed by atoms with Crippen LogP contribution in [0.1, 0.15) is 18.4 Å². The average Bonchev–Trinajstić information content (AvgIpc) is 3.22. The van der Waals surface area contributed by atoms with Crippen LogP contribution in [0.5, 0.6) is 0 Å². The number of halogens is 1. The Bertz CT molecular complexity index is 714. The van der Waals surface area contributed by atoms with E-state index in [4.69, 9.17) is 10.00 Å². The molecule has 0 spiro atoms. The Labute approximate surface area is 137 Å². The average molecular weight is 335 g/mol. The van der Waals surface area contributed by atoms with Crippen molar-refractivity contribution in [2.24, 2.45) is 0 Å². The van der Waals surface area contributed by atoms with Crippen molar-refractivity contribution in [3.05, 3.63) is 29.6 Å². The van der Waals surface area contributed by atoms with Crippen molar-refractivity contribution in [1.82, 2.24) is 5.32 Å². The van der Waals surface area contributed by atoms with E-state index < -0.39 is 28.7 Å². The highest BCUT2D eigenvalue weighted by molar-refractivity contribution is 7.96. The fourth-order valence-corrected chi connectivity index (χ4v) is 2.76. The molecule has 2 fully saturated rings. The Morgan fingerprint density at radius 2 is 2.30 bits per heavy atom. The molecule has 1 aliphatic carbocycles. The monoisotopic (exact) mass is 335 g/mol. The third-order valence-electron chi connectivity index (χ3n) is 4.10. The zero-order valence-corrected chi connectivity index (χ0v) is 13.0. The van der Waals surface area contributed by atoms with E-state index >= 15 is 0 Å². The minimum Gasteiger partial charge on any atom is -0.442 e. The molecular formula is C15H14FN3O3S. The van der Waals surface area contributed by atoms with Crippen LogP contribution >= 0.6 is 12.6 Å². The summed E-state index contributed by atoms with van der Waals surface area (Å²) >= 11 is 3.57. The molecule has 0 aromatic heterocycles. The highest BCUT2D eigenvalue weighted by Crippen LogP contribution is 2.48. The lowest BCUT2D eigenvalue weighted by Crippen LogP contribution is -2.32. The number of carbonyl (C=O) groups is 2. The Hall–Kier alpha value is -2.27. The van der Waals surface area contributed by atoms with Gasteiger partial charge in [0, 0.05) is 5.56 Å². The van der Waals surface area contributed by atoms with Crippen molar-refractivity contribution in [2.45, 2.75) is 24.4 Å². The van der Waals surface area contributed by atoms with Gasteiger partial charge in [-0.25, -0.2) is 9.18 Å². The second-order valence-electron chi connectivity index (χ2n) is 5.66. The minimum absolute atomic E-state index is 0.142. The quantitative estimate of drug-likeness (QED) is 0.828. The number of thiol groups is 1. The van der Waals surface area contributed by atoms with Crippen molar-refractivity contribution in [3.8, 4) is 6.07 Å². The minimum atomic E-state index is -0.715. The van der Waals surface area contributed by atoms with Gasteiger partial charge in [0.25, 0.3) is 5.24 Å². The van der Waals surface area contributed by atoms with Crippen LogP contribution in [0.2, 0.25) is 0 Å². The molecule has 1 aromatic rings. The van der Waals surface area contributed by atoms with E-state index in [0.29, 0.717) is 24.1 Å².